The van der Waals surface area contributed by atoms with Gasteiger partial charge < -0.3 is 14.5 Å². The number of fused-ring (bicyclic) bond motifs is 1. The molecule has 0 radical (unpaired) electrons. The zero-order chi connectivity index (χ0) is 18.6. The predicted octanol–water partition coefficient (Wildman–Crippen LogP) is 3.96. The first-order valence-corrected chi connectivity index (χ1v) is 9.39. The molecule has 0 aliphatic carbocycles. The number of nitrogens with zero attached hydrogens (tertiary/aromatic N) is 2. The van der Waals surface area contributed by atoms with E-state index in [9.17, 15) is 9.18 Å². The monoisotopic (exact) mass is 385 g/mol. The van der Waals surface area contributed by atoms with Crippen molar-refractivity contribution in [3.05, 3.63) is 65.3 Å². The van der Waals surface area contributed by atoms with Gasteiger partial charge in [0.1, 0.15) is 11.6 Å². The van der Waals surface area contributed by atoms with E-state index in [1.807, 2.05) is 18.2 Å². The van der Waals surface area contributed by atoms with Gasteiger partial charge in [0.05, 0.1) is 0 Å². The molecular formula is C19H16FN3O3S. The van der Waals surface area contributed by atoms with E-state index < -0.39 is 0 Å². The SMILES string of the molecule is O=C1CCc2cc(OCc3nnc(SCc4cccc(F)c4)o3)ccc2N1. The molecule has 0 unspecified atom stereocenters. The molecule has 4 rings (SSSR count). The van der Waals surface area contributed by atoms with Crippen LogP contribution in [-0.2, 0) is 23.6 Å². The Morgan fingerprint density at radius 1 is 1.19 bits per heavy atom. The van der Waals surface area contributed by atoms with Crippen molar-refractivity contribution in [2.45, 2.75) is 30.4 Å². The van der Waals surface area contributed by atoms with Gasteiger partial charge in [0.15, 0.2) is 6.61 Å². The van der Waals surface area contributed by atoms with Gasteiger partial charge in [0.25, 0.3) is 11.1 Å². The summed E-state index contributed by atoms with van der Waals surface area (Å²) in [6.07, 6.45) is 1.17. The third kappa shape index (κ3) is 4.46. The van der Waals surface area contributed by atoms with E-state index in [4.69, 9.17) is 9.15 Å². The zero-order valence-corrected chi connectivity index (χ0v) is 15.1. The molecule has 1 aliphatic rings. The normalized spacial score (nSPS) is 13.1. The van der Waals surface area contributed by atoms with E-state index in [1.54, 1.807) is 12.1 Å². The number of hydrogen-bond acceptors (Lipinski definition) is 6. The van der Waals surface area contributed by atoms with Crippen molar-refractivity contribution in [2.75, 3.05) is 5.32 Å². The van der Waals surface area contributed by atoms with Crippen molar-refractivity contribution in [1.82, 2.24) is 10.2 Å². The summed E-state index contributed by atoms with van der Waals surface area (Å²) in [5, 5.41) is 11.2. The minimum atomic E-state index is -0.266. The number of amides is 1. The van der Waals surface area contributed by atoms with Crippen LogP contribution < -0.4 is 10.1 Å². The number of carbonyl (C=O) groups excluding carboxylic acids is 1. The third-order valence-electron chi connectivity index (χ3n) is 4.03. The fraction of sp³-hybridized carbons (Fsp3) is 0.211. The highest BCUT2D eigenvalue weighted by Gasteiger charge is 2.15. The van der Waals surface area contributed by atoms with Gasteiger partial charge in [0, 0.05) is 17.9 Å². The Balaban J connectivity index is 1.32. The Kier molecular flexibility index (Phi) is 5.06. The first-order valence-electron chi connectivity index (χ1n) is 8.41. The second-order valence-electron chi connectivity index (χ2n) is 6.04. The van der Waals surface area contributed by atoms with Crippen molar-refractivity contribution < 1.29 is 18.3 Å². The lowest BCUT2D eigenvalue weighted by atomic mass is 10.0. The lowest BCUT2D eigenvalue weighted by Crippen LogP contribution is -2.18. The molecule has 0 atom stereocenters. The molecule has 0 saturated heterocycles. The van der Waals surface area contributed by atoms with Crippen LogP contribution in [-0.4, -0.2) is 16.1 Å². The van der Waals surface area contributed by atoms with Gasteiger partial charge in [-0.2, -0.15) is 0 Å². The first kappa shape index (κ1) is 17.5. The summed E-state index contributed by atoms with van der Waals surface area (Å²) in [5.41, 5.74) is 2.72. The molecule has 8 heteroatoms. The molecule has 1 aliphatic heterocycles. The second kappa shape index (κ2) is 7.79. The smallest absolute Gasteiger partial charge is 0.277 e. The number of anilines is 1. The van der Waals surface area contributed by atoms with E-state index in [-0.39, 0.29) is 18.3 Å². The third-order valence-corrected chi connectivity index (χ3v) is 4.92. The molecule has 2 heterocycles. The summed E-state index contributed by atoms with van der Waals surface area (Å²) in [6.45, 7) is 0.151. The van der Waals surface area contributed by atoms with Gasteiger partial charge in [-0.15, -0.1) is 10.2 Å². The lowest BCUT2D eigenvalue weighted by Gasteiger charge is -2.17. The fourth-order valence-corrected chi connectivity index (χ4v) is 3.44. The zero-order valence-electron chi connectivity index (χ0n) is 14.3. The lowest BCUT2D eigenvalue weighted by molar-refractivity contribution is -0.116. The van der Waals surface area contributed by atoms with Crippen LogP contribution in [0.3, 0.4) is 0 Å². The number of hydrogen-bond donors (Lipinski definition) is 1. The highest BCUT2D eigenvalue weighted by atomic mass is 32.2. The van der Waals surface area contributed by atoms with Gasteiger partial charge in [-0.1, -0.05) is 23.9 Å². The van der Waals surface area contributed by atoms with Crippen LogP contribution in [0.15, 0.2) is 52.1 Å². The Hall–Kier alpha value is -2.87. The number of ether oxygens (including phenoxy) is 1. The van der Waals surface area contributed by atoms with Crippen LogP contribution in [0.5, 0.6) is 5.75 Å². The molecular weight excluding hydrogens is 369 g/mol. The summed E-state index contributed by atoms with van der Waals surface area (Å²) in [7, 11) is 0. The molecule has 1 aromatic heterocycles. The summed E-state index contributed by atoms with van der Waals surface area (Å²) in [6, 6.07) is 11.9. The number of rotatable bonds is 6. The number of carbonyl (C=O) groups is 1. The van der Waals surface area contributed by atoms with E-state index in [2.05, 4.69) is 15.5 Å². The second-order valence-corrected chi connectivity index (χ2v) is 6.96. The largest absolute Gasteiger partial charge is 0.484 e. The molecule has 0 saturated carbocycles. The molecule has 0 spiro atoms. The first-order chi connectivity index (χ1) is 13.2. The minimum absolute atomic E-state index is 0.0327. The molecule has 27 heavy (non-hydrogen) atoms. The molecule has 2 aromatic carbocycles. The van der Waals surface area contributed by atoms with Crippen molar-refractivity contribution >= 4 is 23.4 Å². The Morgan fingerprint density at radius 2 is 2.11 bits per heavy atom. The maximum Gasteiger partial charge on any atom is 0.277 e. The van der Waals surface area contributed by atoms with Crippen LogP contribution >= 0.6 is 11.8 Å². The Morgan fingerprint density at radius 3 is 3.00 bits per heavy atom. The molecule has 1 N–H and O–H groups in total. The number of aromatic nitrogens is 2. The average molecular weight is 385 g/mol. The van der Waals surface area contributed by atoms with Crippen LogP contribution in [0, 0.1) is 5.82 Å². The molecule has 6 nitrogen and oxygen atoms in total. The van der Waals surface area contributed by atoms with E-state index in [1.165, 1.54) is 23.9 Å². The summed E-state index contributed by atoms with van der Waals surface area (Å²) in [4.78, 5) is 11.4. The number of aryl methyl sites for hydroxylation is 1. The van der Waals surface area contributed by atoms with Gasteiger partial charge >= 0.3 is 0 Å². The van der Waals surface area contributed by atoms with Gasteiger partial charge in [0.2, 0.25) is 5.91 Å². The highest BCUT2D eigenvalue weighted by molar-refractivity contribution is 7.98. The van der Waals surface area contributed by atoms with Crippen molar-refractivity contribution in [3.8, 4) is 5.75 Å². The number of halogens is 1. The topological polar surface area (TPSA) is 77.2 Å². The van der Waals surface area contributed by atoms with Crippen LogP contribution in [0.25, 0.3) is 0 Å². The maximum absolute atomic E-state index is 13.2. The van der Waals surface area contributed by atoms with Crippen molar-refractivity contribution in [1.29, 1.82) is 0 Å². The van der Waals surface area contributed by atoms with E-state index in [0.29, 0.717) is 35.5 Å². The number of nitrogens with one attached hydrogen (secondary N) is 1. The van der Waals surface area contributed by atoms with E-state index in [0.717, 1.165) is 16.8 Å². The fourth-order valence-electron chi connectivity index (χ4n) is 2.72. The summed E-state index contributed by atoms with van der Waals surface area (Å²) in [5.74, 6) is 1.35. The Labute approximate surface area is 159 Å². The average Bonchev–Trinajstić information content (AvgIpc) is 3.13. The highest BCUT2D eigenvalue weighted by Crippen LogP contribution is 2.27. The number of benzene rings is 2. The van der Waals surface area contributed by atoms with Gasteiger partial charge in [-0.05, 0) is 47.9 Å². The molecule has 3 aromatic rings. The van der Waals surface area contributed by atoms with Gasteiger partial charge in [-0.25, -0.2) is 4.39 Å². The van der Waals surface area contributed by atoms with Crippen molar-refractivity contribution in [3.63, 3.8) is 0 Å². The molecule has 0 fully saturated rings. The van der Waals surface area contributed by atoms with Crippen LogP contribution in [0.4, 0.5) is 10.1 Å². The van der Waals surface area contributed by atoms with E-state index >= 15 is 0 Å². The minimum Gasteiger partial charge on any atom is -0.484 e. The molecule has 0 bridgehead atoms. The van der Waals surface area contributed by atoms with Crippen LogP contribution in [0.2, 0.25) is 0 Å². The standard InChI is InChI=1S/C19H16FN3O3S/c20-14-3-1-2-12(8-14)11-27-19-23-22-18(26-19)10-25-15-5-6-16-13(9-15)4-7-17(24)21-16/h1-3,5-6,8-9H,4,7,10-11H2,(H,21,24). The van der Waals surface area contributed by atoms with Crippen LogP contribution in [0.1, 0.15) is 23.4 Å². The summed E-state index contributed by atoms with van der Waals surface area (Å²) < 4.78 is 24.4. The van der Waals surface area contributed by atoms with Gasteiger partial charge in [-0.3, -0.25) is 4.79 Å². The quantitative estimate of drug-likeness (QED) is 0.647. The molecule has 1 amide bonds. The Bertz CT molecular complexity index is 976. The molecule has 138 valence electrons. The maximum atomic E-state index is 13.2. The number of thioether (sulfide) groups is 1. The van der Waals surface area contributed by atoms with Crippen molar-refractivity contribution in [2.24, 2.45) is 0 Å². The predicted molar refractivity (Wildman–Crippen MR) is 98.0 cm³/mol. The summed E-state index contributed by atoms with van der Waals surface area (Å²) >= 11 is 1.34.